The second-order valence-electron chi connectivity index (χ2n) is 4.07. The maximum Gasteiger partial charge on any atom is 0.170 e. The van der Waals surface area contributed by atoms with Crippen LogP contribution in [0.4, 0.5) is 0 Å². The SMILES string of the molecule is Cc1c(C(=O)Cc2c(Cl)cccc2Cl)cnn1C. The molecule has 0 fully saturated rings. The molecular formula is C13H12Cl2N2O. The minimum atomic E-state index is -0.0319. The number of hydrogen-bond acceptors (Lipinski definition) is 2. The number of aromatic nitrogens is 2. The van der Waals surface area contributed by atoms with Crippen LogP contribution in [-0.2, 0) is 13.5 Å². The van der Waals surface area contributed by atoms with E-state index < -0.39 is 0 Å². The second kappa shape index (κ2) is 5.12. The van der Waals surface area contributed by atoms with Gasteiger partial charge in [0.05, 0.1) is 11.8 Å². The zero-order valence-corrected chi connectivity index (χ0v) is 11.6. The van der Waals surface area contributed by atoms with E-state index in [0.717, 1.165) is 5.69 Å². The third-order valence-corrected chi connectivity index (χ3v) is 3.64. The molecule has 5 heteroatoms. The van der Waals surface area contributed by atoms with Gasteiger partial charge >= 0.3 is 0 Å². The molecule has 0 spiro atoms. The summed E-state index contributed by atoms with van der Waals surface area (Å²) in [6.45, 7) is 1.86. The Morgan fingerprint density at radius 2 is 1.94 bits per heavy atom. The van der Waals surface area contributed by atoms with Gasteiger partial charge in [0.15, 0.2) is 5.78 Å². The monoisotopic (exact) mass is 282 g/mol. The van der Waals surface area contributed by atoms with Crippen LogP contribution in [0.5, 0.6) is 0 Å². The number of aryl methyl sites for hydroxylation is 1. The third-order valence-electron chi connectivity index (χ3n) is 2.93. The summed E-state index contributed by atoms with van der Waals surface area (Å²) in [6, 6.07) is 5.21. The number of benzene rings is 1. The molecule has 1 heterocycles. The maximum atomic E-state index is 12.2. The molecule has 0 atom stereocenters. The summed E-state index contributed by atoms with van der Waals surface area (Å²) in [6.07, 6.45) is 1.76. The van der Waals surface area contributed by atoms with Crippen LogP contribution in [0.2, 0.25) is 10.0 Å². The number of hydrogen-bond donors (Lipinski definition) is 0. The molecule has 3 nitrogen and oxygen atoms in total. The van der Waals surface area contributed by atoms with Crippen LogP contribution in [0, 0.1) is 6.92 Å². The van der Waals surface area contributed by atoms with Crippen LogP contribution in [0.25, 0.3) is 0 Å². The van der Waals surface area contributed by atoms with E-state index in [1.165, 1.54) is 0 Å². The van der Waals surface area contributed by atoms with Crippen LogP contribution < -0.4 is 0 Å². The molecule has 2 rings (SSSR count). The van der Waals surface area contributed by atoms with E-state index in [1.54, 1.807) is 36.1 Å². The second-order valence-corrected chi connectivity index (χ2v) is 4.88. The van der Waals surface area contributed by atoms with E-state index in [-0.39, 0.29) is 12.2 Å². The highest BCUT2D eigenvalue weighted by Gasteiger charge is 2.16. The summed E-state index contributed by atoms with van der Waals surface area (Å²) in [7, 11) is 1.80. The summed E-state index contributed by atoms with van der Waals surface area (Å²) in [5.41, 5.74) is 2.10. The molecule has 1 aromatic carbocycles. The van der Waals surface area contributed by atoms with Gasteiger partial charge in [0.25, 0.3) is 0 Å². The van der Waals surface area contributed by atoms with Gasteiger partial charge in [-0.1, -0.05) is 29.3 Å². The zero-order chi connectivity index (χ0) is 13.3. The fourth-order valence-electron chi connectivity index (χ4n) is 1.73. The van der Waals surface area contributed by atoms with E-state index in [1.807, 2.05) is 6.92 Å². The third kappa shape index (κ3) is 2.42. The first-order chi connectivity index (χ1) is 8.50. The van der Waals surface area contributed by atoms with Crippen LogP contribution in [-0.4, -0.2) is 15.6 Å². The molecule has 0 unspecified atom stereocenters. The topological polar surface area (TPSA) is 34.9 Å². The Bertz CT molecular complexity index is 585. The molecule has 0 aliphatic rings. The van der Waals surface area contributed by atoms with E-state index >= 15 is 0 Å². The van der Waals surface area contributed by atoms with Crippen molar-refractivity contribution >= 4 is 29.0 Å². The summed E-state index contributed by atoms with van der Waals surface area (Å²) >= 11 is 12.1. The van der Waals surface area contributed by atoms with Gasteiger partial charge in [-0.05, 0) is 24.6 Å². The molecule has 0 bridgehead atoms. The van der Waals surface area contributed by atoms with Crippen molar-refractivity contribution < 1.29 is 4.79 Å². The molecule has 2 aromatic rings. The van der Waals surface area contributed by atoms with Crippen molar-refractivity contribution in [2.45, 2.75) is 13.3 Å². The van der Waals surface area contributed by atoms with Crippen molar-refractivity contribution in [2.75, 3.05) is 0 Å². The van der Waals surface area contributed by atoms with Crippen molar-refractivity contribution in [2.24, 2.45) is 7.05 Å². The Balaban J connectivity index is 2.30. The lowest BCUT2D eigenvalue weighted by Crippen LogP contribution is -2.06. The van der Waals surface area contributed by atoms with Crippen molar-refractivity contribution in [3.63, 3.8) is 0 Å². The van der Waals surface area contributed by atoms with Gasteiger partial charge in [0, 0.05) is 29.2 Å². The smallest absolute Gasteiger partial charge is 0.170 e. The quantitative estimate of drug-likeness (QED) is 0.808. The summed E-state index contributed by atoms with van der Waals surface area (Å²) < 4.78 is 1.67. The highest BCUT2D eigenvalue weighted by molar-refractivity contribution is 6.36. The molecule has 0 aliphatic heterocycles. The van der Waals surface area contributed by atoms with Gasteiger partial charge in [-0.15, -0.1) is 0 Å². The van der Waals surface area contributed by atoms with E-state index in [4.69, 9.17) is 23.2 Å². The van der Waals surface area contributed by atoms with Gasteiger partial charge in [-0.2, -0.15) is 5.10 Å². The minimum Gasteiger partial charge on any atom is -0.294 e. The van der Waals surface area contributed by atoms with Crippen LogP contribution in [0.15, 0.2) is 24.4 Å². The molecule has 0 saturated carbocycles. The summed E-state index contributed by atoms with van der Waals surface area (Å²) in [5, 5.41) is 5.08. The fourth-order valence-corrected chi connectivity index (χ4v) is 2.26. The summed E-state index contributed by atoms with van der Waals surface area (Å²) in [5.74, 6) is -0.0319. The Hall–Kier alpha value is -1.32. The number of carbonyl (C=O) groups is 1. The lowest BCUT2D eigenvalue weighted by atomic mass is 10.0. The van der Waals surface area contributed by atoms with Crippen molar-refractivity contribution in [1.82, 2.24) is 9.78 Å². The van der Waals surface area contributed by atoms with E-state index in [2.05, 4.69) is 5.10 Å². The number of halogens is 2. The lowest BCUT2D eigenvalue weighted by molar-refractivity contribution is 0.0992. The first-order valence-corrected chi connectivity index (χ1v) is 6.21. The average Bonchev–Trinajstić information content (AvgIpc) is 2.65. The molecule has 0 radical (unpaired) electrons. The van der Waals surface area contributed by atoms with E-state index in [9.17, 15) is 4.79 Å². The summed E-state index contributed by atoms with van der Waals surface area (Å²) in [4.78, 5) is 12.2. The Morgan fingerprint density at radius 3 is 2.44 bits per heavy atom. The highest BCUT2D eigenvalue weighted by atomic mass is 35.5. The van der Waals surface area contributed by atoms with Gasteiger partial charge in [0.2, 0.25) is 0 Å². The molecular weight excluding hydrogens is 271 g/mol. The molecule has 0 aliphatic carbocycles. The molecule has 0 amide bonds. The normalized spacial score (nSPS) is 10.7. The predicted octanol–water partition coefficient (Wildman–Crippen LogP) is 3.46. The molecule has 0 N–H and O–H groups in total. The lowest BCUT2D eigenvalue weighted by Gasteiger charge is -2.06. The first kappa shape index (κ1) is 13.1. The Morgan fingerprint density at radius 1 is 1.33 bits per heavy atom. The predicted molar refractivity (Wildman–Crippen MR) is 72.4 cm³/mol. The Kier molecular flexibility index (Phi) is 3.73. The van der Waals surface area contributed by atoms with E-state index in [0.29, 0.717) is 21.2 Å². The van der Waals surface area contributed by atoms with Gasteiger partial charge in [0.1, 0.15) is 0 Å². The fraction of sp³-hybridized carbons (Fsp3) is 0.231. The van der Waals surface area contributed by atoms with Crippen LogP contribution in [0.1, 0.15) is 21.6 Å². The minimum absolute atomic E-state index is 0.0319. The van der Waals surface area contributed by atoms with Crippen LogP contribution in [0.3, 0.4) is 0 Å². The zero-order valence-electron chi connectivity index (χ0n) is 10.1. The van der Waals surface area contributed by atoms with Crippen molar-refractivity contribution in [3.05, 3.63) is 51.3 Å². The number of rotatable bonds is 3. The Labute approximate surface area is 115 Å². The largest absolute Gasteiger partial charge is 0.294 e. The molecule has 94 valence electrons. The number of ketones is 1. The van der Waals surface area contributed by atoms with Crippen molar-refractivity contribution in [1.29, 1.82) is 0 Å². The first-order valence-electron chi connectivity index (χ1n) is 5.45. The molecule has 0 saturated heterocycles. The van der Waals surface area contributed by atoms with Crippen LogP contribution >= 0.6 is 23.2 Å². The highest BCUT2D eigenvalue weighted by Crippen LogP contribution is 2.26. The number of carbonyl (C=O) groups excluding carboxylic acids is 1. The average molecular weight is 283 g/mol. The molecule has 18 heavy (non-hydrogen) atoms. The van der Waals surface area contributed by atoms with Gasteiger partial charge in [-0.3, -0.25) is 9.48 Å². The molecule has 1 aromatic heterocycles. The maximum absolute atomic E-state index is 12.2. The number of nitrogens with zero attached hydrogens (tertiary/aromatic N) is 2. The van der Waals surface area contributed by atoms with Gasteiger partial charge < -0.3 is 0 Å². The van der Waals surface area contributed by atoms with Gasteiger partial charge in [-0.25, -0.2) is 0 Å². The standard InChI is InChI=1S/C13H12Cl2N2O/c1-8-10(7-16-17(8)2)13(18)6-9-11(14)4-3-5-12(9)15/h3-5,7H,6H2,1-2H3. The van der Waals surface area contributed by atoms with Crippen molar-refractivity contribution in [3.8, 4) is 0 Å². The number of Topliss-reactive ketones (excluding diaryl/α,β-unsaturated/α-hetero) is 1.